The minimum Gasteiger partial charge on any atom is -0.433 e. The summed E-state index contributed by atoms with van der Waals surface area (Å²) in [6, 6.07) is 3.44. The maximum absolute atomic E-state index is 12.0. The molecule has 0 saturated heterocycles. The standard InChI is InChI=1S/C11H13ClF2N2O3/c12-8-6-7(2-3-9(8)19-10(13)14)16-11(18)15-4-1-5-17/h2-3,6,10,17H,1,4-5H2,(H2,15,16,18). The van der Waals surface area contributed by atoms with Crippen LogP contribution in [-0.4, -0.2) is 30.9 Å². The monoisotopic (exact) mass is 294 g/mol. The number of rotatable bonds is 6. The fourth-order valence-electron chi connectivity index (χ4n) is 1.23. The number of aliphatic hydroxyl groups excluding tert-OH is 1. The maximum Gasteiger partial charge on any atom is 0.387 e. The Morgan fingerprint density at radius 2 is 2.21 bits per heavy atom. The lowest BCUT2D eigenvalue weighted by Gasteiger charge is -2.10. The first-order valence-corrected chi connectivity index (χ1v) is 5.81. The van der Waals surface area contributed by atoms with Crippen LogP contribution in [0.3, 0.4) is 0 Å². The Kier molecular flexibility index (Phi) is 6.31. The second kappa shape index (κ2) is 7.75. The van der Waals surface area contributed by atoms with Crippen LogP contribution in [0.5, 0.6) is 5.75 Å². The lowest BCUT2D eigenvalue weighted by molar-refractivity contribution is -0.0497. The molecule has 0 unspecified atom stereocenters. The fraction of sp³-hybridized carbons (Fsp3) is 0.364. The molecule has 1 aromatic rings. The van der Waals surface area contributed by atoms with Gasteiger partial charge < -0.3 is 20.5 Å². The summed E-state index contributed by atoms with van der Waals surface area (Å²) in [5.41, 5.74) is 0.341. The zero-order chi connectivity index (χ0) is 14.3. The van der Waals surface area contributed by atoms with Crippen molar-refractivity contribution in [1.82, 2.24) is 5.32 Å². The van der Waals surface area contributed by atoms with Gasteiger partial charge in [0.1, 0.15) is 5.75 Å². The van der Waals surface area contributed by atoms with Crippen LogP contribution in [0.15, 0.2) is 18.2 Å². The van der Waals surface area contributed by atoms with Crippen LogP contribution in [0.2, 0.25) is 5.02 Å². The minimum atomic E-state index is -2.96. The van der Waals surface area contributed by atoms with E-state index in [1.807, 2.05) is 0 Å². The molecule has 0 saturated carbocycles. The number of urea groups is 1. The van der Waals surface area contributed by atoms with Crippen molar-refractivity contribution >= 4 is 23.3 Å². The largest absolute Gasteiger partial charge is 0.433 e. The first kappa shape index (κ1) is 15.5. The SMILES string of the molecule is O=C(NCCCO)Nc1ccc(OC(F)F)c(Cl)c1. The van der Waals surface area contributed by atoms with Crippen molar-refractivity contribution in [2.75, 3.05) is 18.5 Å². The number of hydrogen-bond acceptors (Lipinski definition) is 3. The van der Waals surface area contributed by atoms with Crippen LogP contribution in [0, 0.1) is 0 Å². The molecule has 0 spiro atoms. The summed E-state index contributed by atoms with van der Waals surface area (Å²) in [4.78, 5) is 11.4. The highest BCUT2D eigenvalue weighted by molar-refractivity contribution is 6.32. The van der Waals surface area contributed by atoms with Crippen molar-refractivity contribution in [2.24, 2.45) is 0 Å². The molecule has 0 fully saturated rings. The van der Waals surface area contributed by atoms with Crippen LogP contribution in [0.4, 0.5) is 19.3 Å². The molecule has 0 bridgehead atoms. The van der Waals surface area contributed by atoms with Gasteiger partial charge in [0.2, 0.25) is 0 Å². The molecule has 0 aliphatic carbocycles. The van der Waals surface area contributed by atoms with Gasteiger partial charge in [0.25, 0.3) is 0 Å². The predicted octanol–water partition coefficient (Wildman–Crippen LogP) is 2.45. The highest BCUT2D eigenvalue weighted by Crippen LogP contribution is 2.28. The Labute approximate surface area is 113 Å². The third-order valence-electron chi connectivity index (χ3n) is 2.03. The summed E-state index contributed by atoms with van der Waals surface area (Å²) >= 11 is 5.72. The van der Waals surface area contributed by atoms with E-state index in [-0.39, 0.29) is 17.4 Å². The number of carbonyl (C=O) groups is 1. The summed E-state index contributed by atoms with van der Waals surface area (Å²) in [5, 5.41) is 13.5. The number of benzene rings is 1. The van der Waals surface area contributed by atoms with Gasteiger partial charge in [0.05, 0.1) is 5.02 Å². The Morgan fingerprint density at radius 1 is 1.47 bits per heavy atom. The van der Waals surface area contributed by atoms with E-state index in [0.717, 1.165) is 0 Å². The summed E-state index contributed by atoms with van der Waals surface area (Å²) in [6.45, 7) is -2.66. The highest BCUT2D eigenvalue weighted by atomic mass is 35.5. The molecule has 0 aliphatic heterocycles. The average molecular weight is 295 g/mol. The number of halogens is 3. The van der Waals surface area contributed by atoms with Crippen LogP contribution in [0.25, 0.3) is 0 Å². The second-order valence-electron chi connectivity index (χ2n) is 3.48. The van der Waals surface area contributed by atoms with Gasteiger partial charge in [-0.2, -0.15) is 8.78 Å². The van der Waals surface area contributed by atoms with Crippen LogP contribution >= 0.6 is 11.6 Å². The number of carbonyl (C=O) groups excluding carboxylic acids is 1. The van der Waals surface area contributed by atoms with Gasteiger partial charge in [-0.3, -0.25) is 0 Å². The number of aliphatic hydroxyl groups is 1. The molecule has 1 aromatic carbocycles. The number of anilines is 1. The molecule has 106 valence electrons. The normalized spacial score (nSPS) is 10.4. The third-order valence-corrected chi connectivity index (χ3v) is 2.32. The molecule has 0 aliphatic rings. The Morgan fingerprint density at radius 3 is 2.79 bits per heavy atom. The summed E-state index contributed by atoms with van der Waals surface area (Å²) in [6.07, 6.45) is 0.440. The zero-order valence-corrected chi connectivity index (χ0v) is 10.6. The lowest BCUT2D eigenvalue weighted by Crippen LogP contribution is -2.29. The molecular formula is C11H13ClF2N2O3. The van der Waals surface area contributed by atoms with E-state index in [1.54, 1.807) is 0 Å². The zero-order valence-electron chi connectivity index (χ0n) is 9.83. The van der Waals surface area contributed by atoms with Crippen molar-refractivity contribution in [2.45, 2.75) is 13.0 Å². The molecule has 1 rings (SSSR count). The van der Waals surface area contributed by atoms with Crippen molar-refractivity contribution in [3.05, 3.63) is 23.2 Å². The van der Waals surface area contributed by atoms with Crippen molar-refractivity contribution in [3.8, 4) is 5.75 Å². The van der Waals surface area contributed by atoms with Crippen molar-refractivity contribution in [3.63, 3.8) is 0 Å². The van der Waals surface area contributed by atoms with Gasteiger partial charge in [-0.05, 0) is 24.6 Å². The number of alkyl halides is 2. The van der Waals surface area contributed by atoms with Gasteiger partial charge >= 0.3 is 12.6 Å². The Hall–Kier alpha value is -1.60. The van der Waals surface area contributed by atoms with E-state index in [2.05, 4.69) is 15.4 Å². The molecule has 0 radical (unpaired) electrons. The van der Waals surface area contributed by atoms with E-state index in [0.29, 0.717) is 18.7 Å². The number of hydrogen-bond donors (Lipinski definition) is 3. The van der Waals surface area contributed by atoms with Gasteiger partial charge in [-0.1, -0.05) is 11.6 Å². The topological polar surface area (TPSA) is 70.6 Å². The molecule has 0 heterocycles. The van der Waals surface area contributed by atoms with Crippen molar-refractivity contribution < 1.29 is 23.4 Å². The summed E-state index contributed by atoms with van der Waals surface area (Å²) in [5.74, 6) is -0.164. The van der Waals surface area contributed by atoms with E-state index < -0.39 is 12.6 Å². The van der Waals surface area contributed by atoms with Gasteiger partial charge in [-0.25, -0.2) is 4.79 Å². The Balaban J connectivity index is 2.55. The van der Waals surface area contributed by atoms with E-state index in [9.17, 15) is 13.6 Å². The number of amides is 2. The quantitative estimate of drug-likeness (QED) is 0.706. The Bertz CT molecular complexity index is 432. The maximum atomic E-state index is 12.0. The number of nitrogens with one attached hydrogen (secondary N) is 2. The van der Waals surface area contributed by atoms with E-state index >= 15 is 0 Å². The summed E-state index contributed by atoms with van der Waals surface area (Å²) < 4.78 is 28.2. The van der Waals surface area contributed by atoms with Crippen molar-refractivity contribution in [1.29, 1.82) is 0 Å². The number of ether oxygens (including phenoxy) is 1. The van der Waals surface area contributed by atoms with E-state index in [1.165, 1.54) is 18.2 Å². The molecule has 3 N–H and O–H groups in total. The first-order chi connectivity index (χ1) is 9.02. The minimum absolute atomic E-state index is 0.0221. The summed E-state index contributed by atoms with van der Waals surface area (Å²) in [7, 11) is 0. The molecular weight excluding hydrogens is 282 g/mol. The van der Waals surface area contributed by atoms with Crippen LogP contribution in [0.1, 0.15) is 6.42 Å². The first-order valence-electron chi connectivity index (χ1n) is 5.43. The average Bonchev–Trinajstić information content (AvgIpc) is 2.32. The van der Waals surface area contributed by atoms with E-state index in [4.69, 9.17) is 16.7 Å². The molecule has 2 amide bonds. The molecule has 0 aromatic heterocycles. The predicted molar refractivity (Wildman–Crippen MR) is 66.8 cm³/mol. The smallest absolute Gasteiger partial charge is 0.387 e. The van der Waals surface area contributed by atoms with Crippen LogP contribution in [-0.2, 0) is 0 Å². The molecule has 5 nitrogen and oxygen atoms in total. The third kappa shape index (κ3) is 5.71. The highest BCUT2D eigenvalue weighted by Gasteiger charge is 2.10. The van der Waals surface area contributed by atoms with Gasteiger partial charge in [0.15, 0.2) is 0 Å². The second-order valence-corrected chi connectivity index (χ2v) is 3.89. The molecule has 0 atom stereocenters. The molecule has 8 heteroatoms. The van der Waals surface area contributed by atoms with Crippen LogP contribution < -0.4 is 15.4 Å². The van der Waals surface area contributed by atoms with Gasteiger partial charge in [-0.15, -0.1) is 0 Å². The van der Waals surface area contributed by atoms with Gasteiger partial charge in [0, 0.05) is 18.8 Å². The fourth-order valence-corrected chi connectivity index (χ4v) is 1.45. The lowest BCUT2D eigenvalue weighted by atomic mass is 10.3. The molecule has 19 heavy (non-hydrogen) atoms.